The fourth-order valence-corrected chi connectivity index (χ4v) is 4.47. The highest BCUT2D eigenvalue weighted by molar-refractivity contribution is 6.30. The molecule has 4 rings (SSSR count). The summed E-state index contributed by atoms with van der Waals surface area (Å²) in [7, 11) is 0. The number of amides is 4. The van der Waals surface area contributed by atoms with Gasteiger partial charge < -0.3 is 25.6 Å². The zero-order chi connectivity index (χ0) is 22.7. The molecule has 2 aromatic carbocycles. The number of anilines is 2. The van der Waals surface area contributed by atoms with Crippen molar-refractivity contribution in [3.05, 3.63) is 59.1 Å². The molecule has 32 heavy (non-hydrogen) atoms. The van der Waals surface area contributed by atoms with Crippen molar-refractivity contribution in [3.8, 4) is 0 Å². The second-order valence-electron chi connectivity index (χ2n) is 7.91. The van der Waals surface area contributed by atoms with E-state index in [2.05, 4.69) is 5.32 Å². The highest BCUT2D eigenvalue weighted by atomic mass is 35.5. The molecule has 2 heterocycles. The van der Waals surface area contributed by atoms with Gasteiger partial charge in [-0.05, 0) is 54.8 Å². The first-order chi connectivity index (χ1) is 15.4. The van der Waals surface area contributed by atoms with Crippen LogP contribution in [0.15, 0.2) is 48.5 Å². The zero-order valence-electron chi connectivity index (χ0n) is 17.5. The number of rotatable bonds is 4. The van der Waals surface area contributed by atoms with E-state index >= 15 is 0 Å². The van der Waals surface area contributed by atoms with Gasteiger partial charge in [0.1, 0.15) is 6.61 Å². The Kier molecular flexibility index (Phi) is 6.62. The average molecular weight is 457 g/mol. The van der Waals surface area contributed by atoms with Crippen molar-refractivity contribution in [2.45, 2.75) is 18.9 Å². The monoisotopic (exact) mass is 456 g/mol. The molecule has 0 spiro atoms. The molecule has 0 bridgehead atoms. The van der Waals surface area contributed by atoms with Gasteiger partial charge in [-0.1, -0.05) is 23.7 Å². The van der Waals surface area contributed by atoms with Crippen LogP contribution in [-0.4, -0.2) is 49.0 Å². The number of hydrogen-bond acceptors (Lipinski definition) is 4. The molecule has 3 N–H and O–H groups in total. The van der Waals surface area contributed by atoms with Gasteiger partial charge in [0.05, 0.1) is 18.6 Å². The molecule has 0 radical (unpaired) electrons. The van der Waals surface area contributed by atoms with Crippen LogP contribution < -0.4 is 16.0 Å². The summed E-state index contributed by atoms with van der Waals surface area (Å²) in [5.74, 6) is -0.739. The van der Waals surface area contributed by atoms with E-state index in [1.54, 1.807) is 46.2 Å². The number of nitrogens with one attached hydrogen (secondary N) is 1. The number of likely N-dealkylation sites (tertiary alicyclic amines) is 1. The Morgan fingerprint density at radius 1 is 1.06 bits per heavy atom. The predicted molar refractivity (Wildman–Crippen MR) is 121 cm³/mol. The number of benzene rings is 2. The van der Waals surface area contributed by atoms with Crippen molar-refractivity contribution in [1.29, 1.82) is 0 Å². The molecule has 0 saturated carbocycles. The molecule has 2 aromatic rings. The molecule has 9 heteroatoms. The maximum atomic E-state index is 13.2. The highest BCUT2D eigenvalue weighted by Crippen LogP contribution is 2.37. The maximum absolute atomic E-state index is 13.2. The molecule has 2 saturated heterocycles. The summed E-state index contributed by atoms with van der Waals surface area (Å²) in [4.78, 5) is 40.6. The van der Waals surface area contributed by atoms with E-state index in [0.29, 0.717) is 43.2 Å². The first kappa shape index (κ1) is 22.1. The van der Waals surface area contributed by atoms with Crippen LogP contribution in [-0.2, 0) is 14.3 Å². The summed E-state index contributed by atoms with van der Waals surface area (Å²) in [6.45, 7) is 1.56. The third kappa shape index (κ3) is 4.71. The summed E-state index contributed by atoms with van der Waals surface area (Å²) < 4.78 is 5.16. The van der Waals surface area contributed by atoms with Gasteiger partial charge >= 0.3 is 6.03 Å². The minimum absolute atomic E-state index is 0.0720. The van der Waals surface area contributed by atoms with Crippen LogP contribution in [0.3, 0.4) is 0 Å². The number of ether oxygens (including phenoxy) is 1. The standard InChI is InChI=1S/C23H25ClN4O4/c24-16-5-3-15(4-6-16)21-19(2-1-11-28(21)23(25)31)22(30)26-17-7-9-18(10-8-17)27-12-13-32-14-20(27)29/h3-10,19,21H,1-2,11-14H2,(H2,25,31)(H,26,30). The van der Waals surface area contributed by atoms with E-state index in [4.69, 9.17) is 22.1 Å². The largest absolute Gasteiger partial charge is 0.370 e. The van der Waals surface area contributed by atoms with E-state index in [1.165, 1.54) is 0 Å². The molecular formula is C23H25ClN4O4. The van der Waals surface area contributed by atoms with Crippen molar-refractivity contribution in [3.63, 3.8) is 0 Å². The molecule has 2 aliphatic rings. The summed E-state index contributed by atoms with van der Waals surface area (Å²) >= 11 is 6.02. The second kappa shape index (κ2) is 9.58. The third-order valence-corrected chi connectivity index (χ3v) is 6.15. The fraction of sp³-hybridized carbons (Fsp3) is 0.348. The van der Waals surface area contributed by atoms with Crippen molar-refractivity contribution in [1.82, 2.24) is 4.90 Å². The first-order valence-electron chi connectivity index (χ1n) is 10.5. The number of nitrogens with two attached hydrogens (primary N) is 1. The molecule has 2 atom stereocenters. The molecule has 168 valence electrons. The number of carbonyl (C=O) groups excluding carboxylic acids is 3. The Morgan fingerprint density at radius 2 is 1.78 bits per heavy atom. The minimum Gasteiger partial charge on any atom is -0.370 e. The molecule has 0 aromatic heterocycles. The van der Waals surface area contributed by atoms with Crippen LogP contribution in [0.25, 0.3) is 0 Å². The minimum atomic E-state index is -0.554. The Labute approximate surface area is 191 Å². The van der Waals surface area contributed by atoms with Crippen molar-refractivity contribution in [2.24, 2.45) is 11.7 Å². The summed E-state index contributed by atoms with van der Waals surface area (Å²) in [6, 6.07) is 13.2. The zero-order valence-corrected chi connectivity index (χ0v) is 18.3. The summed E-state index contributed by atoms with van der Waals surface area (Å²) in [5, 5.41) is 3.53. The Hall–Kier alpha value is -3.10. The second-order valence-corrected chi connectivity index (χ2v) is 8.35. The number of primary amides is 1. The lowest BCUT2D eigenvalue weighted by Gasteiger charge is -2.40. The highest BCUT2D eigenvalue weighted by Gasteiger charge is 2.38. The Bertz CT molecular complexity index is 996. The maximum Gasteiger partial charge on any atom is 0.315 e. The topological polar surface area (TPSA) is 105 Å². The Morgan fingerprint density at radius 3 is 2.44 bits per heavy atom. The van der Waals surface area contributed by atoms with Crippen LogP contribution in [0.4, 0.5) is 16.2 Å². The molecule has 2 unspecified atom stereocenters. The van der Waals surface area contributed by atoms with E-state index in [-0.39, 0.29) is 18.4 Å². The number of hydrogen-bond donors (Lipinski definition) is 2. The first-order valence-corrected chi connectivity index (χ1v) is 10.9. The summed E-state index contributed by atoms with van der Waals surface area (Å²) in [5.41, 5.74) is 7.81. The molecule has 2 aliphatic heterocycles. The molecule has 2 fully saturated rings. The number of nitrogens with zero attached hydrogens (tertiary/aromatic N) is 2. The number of morpholine rings is 1. The van der Waals surface area contributed by atoms with Crippen LogP contribution in [0.1, 0.15) is 24.4 Å². The lowest BCUT2D eigenvalue weighted by atomic mass is 9.84. The average Bonchev–Trinajstić information content (AvgIpc) is 2.80. The van der Waals surface area contributed by atoms with Gasteiger partial charge in [0, 0.05) is 29.5 Å². The number of halogens is 1. The molecule has 0 aliphatic carbocycles. The van der Waals surface area contributed by atoms with Gasteiger partial charge in [-0.2, -0.15) is 0 Å². The number of urea groups is 1. The SMILES string of the molecule is NC(=O)N1CCCC(C(=O)Nc2ccc(N3CCOCC3=O)cc2)C1c1ccc(Cl)cc1. The van der Waals surface area contributed by atoms with E-state index in [1.807, 2.05) is 12.1 Å². The van der Waals surface area contributed by atoms with Gasteiger partial charge in [-0.15, -0.1) is 0 Å². The molecule has 8 nitrogen and oxygen atoms in total. The normalized spacial score (nSPS) is 21.3. The third-order valence-electron chi connectivity index (χ3n) is 5.89. The Balaban J connectivity index is 1.52. The van der Waals surface area contributed by atoms with Gasteiger partial charge in [0.2, 0.25) is 5.91 Å². The predicted octanol–water partition coefficient (Wildman–Crippen LogP) is 3.17. The van der Waals surface area contributed by atoms with Gasteiger partial charge in [-0.3, -0.25) is 9.59 Å². The van der Waals surface area contributed by atoms with Crippen LogP contribution in [0.5, 0.6) is 0 Å². The quantitative estimate of drug-likeness (QED) is 0.737. The van der Waals surface area contributed by atoms with E-state index < -0.39 is 18.0 Å². The molecule has 4 amide bonds. The van der Waals surface area contributed by atoms with Crippen molar-refractivity contribution >= 4 is 40.8 Å². The van der Waals surface area contributed by atoms with Crippen LogP contribution in [0.2, 0.25) is 5.02 Å². The van der Waals surface area contributed by atoms with Gasteiger partial charge in [0.15, 0.2) is 0 Å². The fourth-order valence-electron chi connectivity index (χ4n) is 4.34. The lowest BCUT2D eigenvalue weighted by molar-refractivity contribution is -0.125. The lowest BCUT2D eigenvalue weighted by Crippen LogP contribution is -2.48. The van der Waals surface area contributed by atoms with Gasteiger partial charge in [0.25, 0.3) is 5.91 Å². The number of piperidine rings is 1. The van der Waals surface area contributed by atoms with Crippen LogP contribution >= 0.6 is 11.6 Å². The van der Waals surface area contributed by atoms with E-state index in [0.717, 1.165) is 11.3 Å². The van der Waals surface area contributed by atoms with Crippen LogP contribution in [0, 0.1) is 5.92 Å². The van der Waals surface area contributed by atoms with Crippen molar-refractivity contribution in [2.75, 3.05) is 36.5 Å². The van der Waals surface area contributed by atoms with Gasteiger partial charge in [-0.25, -0.2) is 4.79 Å². The number of carbonyl (C=O) groups is 3. The smallest absolute Gasteiger partial charge is 0.315 e. The van der Waals surface area contributed by atoms with Crippen molar-refractivity contribution < 1.29 is 19.1 Å². The van der Waals surface area contributed by atoms with E-state index in [9.17, 15) is 14.4 Å². The molecular weight excluding hydrogens is 432 g/mol. The summed E-state index contributed by atoms with van der Waals surface area (Å²) in [6.07, 6.45) is 1.31.